The van der Waals surface area contributed by atoms with E-state index in [1.807, 2.05) is 36.9 Å². The molecule has 0 unspecified atom stereocenters. The first-order chi connectivity index (χ1) is 20.3. The lowest BCUT2D eigenvalue weighted by Crippen LogP contribution is -1.94. The van der Waals surface area contributed by atoms with Crippen LogP contribution in [0.4, 0.5) is 0 Å². The second-order valence-corrected chi connectivity index (χ2v) is 10.2. The number of benzene rings is 4. The van der Waals surface area contributed by atoms with Crippen LogP contribution in [0.15, 0.2) is 146 Å². The highest BCUT2D eigenvalue weighted by Gasteiger charge is 2.13. The minimum atomic E-state index is 0.852. The van der Waals surface area contributed by atoms with Gasteiger partial charge in [-0.2, -0.15) is 0 Å². The van der Waals surface area contributed by atoms with Crippen LogP contribution in [0.25, 0.3) is 71.9 Å². The van der Waals surface area contributed by atoms with E-state index in [1.54, 1.807) is 0 Å². The van der Waals surface area contributed by atoms with Crippen LogP contribution in [-0.2, 0) is 0 Å². The van der Waals surface area contributed by atoms with Gasteiger partial charge in [-0.3, -0.25) is 15.0 Å². The maximum Gasteiger partial charge on any atom is 0.0886 e. The zero-order valence-electron chi connectivity index (χ0n) is 22.1. The molecule has 0 N–H and O–H groups in total. The van der Waals surface area contributed by atoms with Gasteiger partial charge in [0.1, 0.15) is 0 Å². The zero-order valence-corrected chi connectivity index (χ0v) is 22.1. The Morgan fingerprint density at radius 1 is 0.439 bits per heavy atom. The number of pyridine rings is 3. The molecule has 0 bridgehead atoms. The van der Waals surface area contributed by atoms with Gasteiger partial charge in [0.15, 0.2) is 0 Å². The summed E-state index contributed by atoms with van der Waals surface area (Å²) >= 11 is 0. The molecule has 0 spiro atoms. The molecule has 0 saturated carbocycles. The third-order valence-corrected chi connectivity index (χ3v) is 7.78. The van der Waals surface area contributed by atoms with Gasteiger partial charge in [-0.25, -0.2) is 0 Å². The monoisotopic (exact) mass is 524 g/mol. The minimum absolute atomic E-state index is 0.852. The minimum Gasteiger partial charge on any atom is -0.309 e. The van der Waals surface area contributed by atoms with Gasteiger partial charge in [0, 0.05) is 52.4 Å². The number of nitrogens with zero attached hydrogens (tertiary/aromatic N) is 4. The lowest BCUT2D eigenvalue weighted by atomic mass is 10.0. The maximum atomic E-state index is 4.78. The van der Waals surface area contributed by atoms with E-state index in [0.29, 0.717) is 0 Å². The number of hydrogen-bond donors (Lipinski definition) is 0. The van der Waals surface area contributed by atoms with Crippen LogP contribution >= 0.6 is 0 Å². The topological polar surface area (TPSA) is 43.6 Å². The lowest BCUT2D eigenvalue weighted by molar-refractivity contribution is 1.17. The zero-order chi connectivity index (χ0) is 27.2. The van der Waals surface area contributed by atoms with Gasteiger partial charge < -0.3 is 4.57 Å². The Bertz CT molecular complexity index is 2140. The van der Waals surface area contributed by atoms with Crippen molar-refractivity contribution in [3.05, 3.63) is 146 Å². The highest BCUT2D eigenvalue weighted by Crippen LogP contribution is 2.33. The van der Waals surface area contributed by atoms with Crippen LogP contribution < -0.4 is 0 Å². The van der Waals surface area contributed by atoms with Crippen molar-refractivity contribution in [1.29, 1.82) is 0 Å². The van der Waals surface area contributed by atoms with Gasteiger partial charge in [-0.1, -0.05) is 78.9 Å². The molecule has 4 heteroatoms. The third-order valence-electron chi connectivity index (χ3n) is 7.78. The quantitative estimate of drug-likeness (QED) is 0.231. The first-order valence-electron chi connectivity index (χ1n) is 13.7. The highest BCUT2D eigenvalue weighted by molar-refractivity contribution is 6.08. The van der Waals surface area contributed by atoms with Crippen molar-refractivity contribution in [2.45, 2.75) is 0 Å². The molecule has 0 radical (unpaired) electrons. The molecule has 0 fully saturated rings. The molecule has 4 nitrogen and oxygen atoms in total. The molecular weight excluding hydrogens is 500 g/mol. The summed E-state index contributed by atoms with van der Waals surface area (Å²) in [5.74, 6) is 0. The Morgan fingerprint density at radius 3 is 1.90 bits per heavy atom. The number of hydrogen-bond acceptors (Lipinski definition) is 3. The van der Waals surface area contributed by atoms with E-state index < -0.39 is 0 Å². The first-order valence-corrected chi connectivity index (χ1v) is 13.7. The van der Waals surface area contributed by atoms with Gasteiger partial charge in [-0.15, -0.1) is 0 Å². The van der Waals surface area contributed by atoms with Crippen LogP contribution in [0, 0.1) is 0 Å². The standard InChI is InChI=1S/C37H24N4/c1-2-7-26-20-28(13-12-25(26)6-1)30-15-17-35(40-23-30)34-16-14-29(22-39-34)27-8-5-9-31(21-27)41-36-11-4-3-10-32(36)33-24-38-19-18-37(33)41/h1-24H. The molecule has 0 atom stereocenters. The Balaban J connectivity index is 1.10. The van der Waals surface area contributed by atoms with Crippen LogP contribution in [0.1, 0.15) is 0 Å². The number of para-hydroxylation sites is 1. The molecule has 0 amide bonds. The summed E-state index contributed by atoms with van der Waals surface area (Å²) in [5.41, 5.74) is 9.55. The summed E-state index contributed by atoms with van der Waals surface area (Å²) < 4.78 is 2.30. The Hall–Kier alpha value is -5.61. The second-order valence-electron chi connectivity index (χ2n) is 10.2. The fraction of sp³-hybridized carbons (Fsp3) is 0. The normalized spacial score (nSPS) is 11.4. The average Bonchev–Trinajstić information content (AvgIpc) is 3.39. The van der Waals surface area contributed by atoms with Gasteiger partial charge >= 0.3 is 0 Å². The van der Waals surface area contributed by atoms with Gasteiger partial charge in [-0.05, 0) is 64.4 Å². The second kappa shape index (κ2) is 9.54. The van der Waals surface area contributed by atoms with Crippen LogP contribution in [0.5, 0.6) is 0 Å². The molecular formula is C37H24N4. The van der Waals surface area contributed by atoms with Crippen molar-refractivity contribution in [1.82, 2.24) is 19.5 Å². The van der Waals surface area contributed by atoms with Crippen molar-refractivity contribution in [3.8, 4) is 39.3 Å². The van der Waals surface area contributed by atoms with Crippen molar-refractivity contribution < 1.29 is 0 Å². The predicted molar refractivity (Wildman–Crippen MR) is 168 cm³/mol. The molecule has 0 aliphatic rings. The molecule has 0 aliphatic heterocycles. The summed E-state index contributed by atoms with van der Waals surface area (Å²) in [6.07, 6.45) is 7.67. The van der Waals surface area contributed by atoms with Crippen LogP contribution in [0.2, 0.25) is 0 Å². The summed E-state index contributed by atoms with van der Waals surface area (Å²) in [4.78, 5) is 13.9. The molecule has 4 aromatic carbocycles. The van der Waals surface area contributed by atoms with Gasteiger partial charge in [0.2, 0.25) is 0 Å². The Kier molecular flexibility index (Phi) is 5.42. The van der Waals surface area contributed by atoms with Crippen molar-refractivity contribution in [2.24, 2.45) is 0 Å². The Labute approximate surface area is 237 Å². The molecule has 41 heavy (non-hydrogen) atoms. The van der Waals surface area contributed by atoms with Gasteiger partial charge in [0.05, 0.1) is 22.4 Å². The van der Waals surface area contributed by atoms with E-state index in [1.165, 1.54) is 21.7 Å². The maximum absolute atomic E-state index is 4.78. The largest absolute Gasteiger partial charge is 0.309 e. The number of aromatic nitrogens is 4. The average molecular weight is 525 g/mol. The molecule has 4 aromatic heterocycles. The van der Waals surface area contributed by atoms with Gasteiger partial charge in [0.25, 0.3) is 0 Å². The summed E-state index contributed by atoms with van der Waals surface area (Å²) in [5, 5.41) is 4.82. The Morgan fingerprint density at radius 2 is 1.12 bits per heavy atom. The highest BCUT2D eigenvalue weighted by atomic mass is 15.0. The SMILES string of the molecule is c1cc(-c2ccc(-c3ccc(-c4ccc5ccccc5c4)cn3)nc2)cc(-n2c3ccccc3c3cnccc32)c1. The van der Waals surface area contributed by atoms with Crippen molar-refractivity contribution in [2.75, 3.05) is 0 Å². The molecule has 8 rings (SSSR count). The predicted octanol–water partition coefficient (Wildman–Crippen LogP) is 9.12. The number of fused-ring (bicyclic) bond motifs is 4. The molecule has 0 aliphatic carbocycles. The van der Waals surface area contributed by atoms with E-state index in [4.69, 9.17) is 9.97 Å². The smallest absolute Gasteiger partial charge is 0.0886 e. The van der Waals surface area contributed by atoms with Crippen molar-refractivity contribution in [3.63, 3.8) is 0 Å². The molecule has 4 heterocycles. The molecule has 192 valence electrons. The van der Waals surface area contributed by atoms with Crippen LogP contribution in [0.3, 0.4) is 0 Å². The molecule has 8 aromatic rings. The van der Waals surface area contributed by atoms with E-state index >= 15 is 0 Å². The summed E-state index contributed by atoms with van der Waals surface area (Å²) in [7, 11) is 0. The fourth-order valence-electron chi connectivity index (χ4n) is 5.72. The third kappa shape index (κ3) is 4.05. The molecule has 0 saturated heterocycles. The van der Waals surface area contributed by atoms with E-state index in [9.17, 15) is 0 Å². The van der Waals surface area contributed by atoms with Crippen molar-refractivity contribution >= 4 is 32.6 Å². The fourth-order valence-corrected chi connectivity index (χ4v) is 5.72. The summed E-state index contributed by atoms with van der Waals surface area (Å²) in [6.45, 7) is 0. The van der Waals surface area contributed by atoms with Crippen LogP contribution in [-0.4, -0.2) is 19.5 Å². The lowest BCUT2D eigenvalue weighted by Gasteiger charge is -2.10. The number of rotatable bonds is 4. The summed E-state index contributed by atoms with van der Waals surface area (Å²) in [6, 6.07) is 42.4. The van der Waals surface area contributed by atoms with E-state index in [0.717, 1.165) is 50.2 Å². The van der Waals surface area contributed by atoms with E-state index in [2.05, 4.69) is 119 Å². The van der Waals surface area contributed by atoms with E-state index in [-0.39, 0.29) is 0 Å². The first kappa shape index (κ1) is 23.3.